The van der Waals surface area contributed by atoms with Gasteiger partial charge in [-0.1, -0.05) is 13.8 Å². The predicted molar refractivity (Wildman–Crippen MR) is 77.0 cm³/mol. The Morgan fingerprint density at radius 3 is 2.84 bits per heavy atom. The molecule has 19 heavy (non-hydrogen) atoms. The summed E-state index contributed by atoms with van der Waals surface area (Å²) in [5.41, 5.74) is 7.64. The monoisotopic (exact) mass is 262 g/mol. The first-order chi connectivity index (χ1) is 9.27. The Bertz CT molecular complexity index is 541. The number of nitrogens with two attached hydrogens (primary N) is 1. The Kier molecular flexibility index (Phi) is 4.31. The van der Waals surface area contributed by atoms with Gasteiger partial charge in [0.15, 0.2) is 5.65 Å². The molecule has 0 saturated carbocycles. The molecule has 1 saturated heterocycles. The maximum Gasteiger partial charge on any atom is 0.163 e. The lowest BCUT2D eigenvalue weighted by Gasteiger charge is -2.23. The van der Waals surface area contributed by atoms with Gasteiger partial charge in [0.1, 0.15) is 12.1 Å². The number of nitrogen functional groups attached to an aromatic ring is 1. The molecule has 1 atom stereocenters. The van der Waals surface area contributed by atoms with Gasteiger partial charge < -0.3 is 11.1 Å². The lowest BCUT2D eigenvalue weighted by Crippen LogP contribution is -2.32. The van der Waals surface area contributed by atoms with E-state index in [4.69, 9.17) is 5.73 Å². The van der Waals surface area contributed by atoms with Gasteiger partial charge in [-0.25, -0.2) is 14.6 Å². The van der Waals surface area contributed by atoms with Gasteiger partial charge in [0.25, 0.3) is 0 Å². The Hall–Kier alpha value is -1.69. The molecule has 1 fully saturated rings. The largest absolute Gasteiger partial charge is 0.383 e. The minimum atomic E-state index is 0.370. The maximum absolute atomic E-state index is 5.88. The van der Waals surface area contributed by atoms with Gasteiger partial charge in [0.05, 0.1) is 17.1 Å². The fourth-order valence-electron chi connectivity index (χ4n) is 2.47. The summed E-state index contributed by atoms with van der Waals surface area (Å²) < 4.78 is 1.99. The molecule has 3 N–H and O–H groups in total. The fraction of sp³-hybridized carbons (Fsp3) is 0.615. The Morgan fingerprint density at radius 1 is 1.37 bits per heavy atom. The molecule has 3 rings (SSSR count). The van der Waals surface area contributed by atoms with Crippen LogP contribution in [0.15, 0.2) is 6.33 Å². The van der Waals surface area contributed by atoms with Gasteiger partial charge in [0.2, 0.25) is 0 Å². The second-order valence-corrected chi connectivity index (χ2v) is 4.49. The molecular weight excluding hydrogens is 240 g/mol. The standard InChI is InChI=1S/C11H16N6.C2H6/c1-7-9-10(12)14-6-15-11(9)17(16-7)8-3-2-4-13-5-8;1-2/h6,8,13H,2-5H2,1H3,(H2,12,14,15);1-2H3. The van der Waals surface area contributed by atoms with E-state index in [-0.39, 0.29) is 0 Å². The molecule has 6 nitrogen and oxygen atoms in total. The number of aryl methyl sites for hydroxylation is 1. The number of hydrogen-bond donors (Lipinski definition) is 2. The smallest absolute Gasteiger partial charge is 0.163 e. The van der Waals surface area contributed by atoms with Crippen LogP contribution in [-0.2, 0) is 0 Å². The van der Waals surface area contributed by atoms with Crippen molar-refractivity contribution in [2.45, 2.75) is 39.7 Å². The Labute approximate surface area is 113 Å². The SMILES string of the molecule is CC.Cc1nn(C2CCCNC2)c2ncnc(N)c12. The van der Waals surface area contributed by atoms with Crippen molar-refractivity contribution in [3.05, 3.63) is 12.0 Å². The van der Waals surface area contributed by atoms with Gasteiger partial charge in [0, 0.05) is 6.54 Å². The van der Waals surface area contributed by atoms with Crippen LogP contribution in [0.2, 0.25) is 0 Å². The molecule has 6 heteroatoms. The zero-order chi connectivity index (χ0) is 13.8. The third-order valence-corrected chi connectivity index (χ3v) is 3.31. The normalized spacial score (nSPS) is 19.0. The van der Waals surface area contributed by atoms with Crippen molar-refractivity contribution in [3.63, 3.8) is 0 Å². The molecule has 3 heterocycles. The van der Waals surface area contributed by atoms with Crippen molar-refractivity contribution >= 4 is 16.9 Å². The molecule has 0 aromatic carbocycles. The Morgan fingerprint density at radius 2 is 2.16 bits per heavy atom. The third-order valence-electron chi connectivity index (χ3n) is 3.31. The van der Waals surface area contributed by atoms with Crippen LogP contribution in [0.25, 0.3) is 11.0 Å². The molecule has 0 spiro atoms. The Balaban J connectivity index is 0.000000637. The fourth-order valence-corrected chi connectivity index (χ4v) is 2.47. The summed E-state index contributed by atoms with van der Waals surface area (Å²) in [4.78, 5) is 8.34. The summed E-state index contributed by atoms with van der Waals surface area (Å²) >= 11 is 0. The van der Waals surface area contributed by atoms with E-state index in [1.165, 1.54) is 12.7 Å². The van der Waals surface area contributed by atoms with Crippen molar-refractivity contribution in [2.75, 3.05) is 18.8 Å². The summed E-state index contributed by atoms with van der Waals surface area (Å²) in [6.07, 6.45) is 3.81. The van der Waals surface area contributed by atoms with Crippen molar-refractivity contribution in [3.8, 4) is 0 Å². The molecule has 0 radical (unpaired) electrons. The summed E-state index contributed by atoms with van der Waals surface area (Å²) in [6.45, 7) is 7.99. The van der Waals surface area contributed by atoms with Crippen molar-refractivity contribution in [1.29, 1.82) is 0 Å². The van der Waals surface area contributed by atoms with Gasteiger partial charge >= 0.3 is 0 Å². The number of fused-ring (bicyclic) bond motifs is 1. The van der Waals surface area contributed by atoms with Crippen LogP contribution in [0.1, 0.15) is 38.4 Å². The molecule has 0 amide bonds. The van der Waals surface area contributed by atoms with Crippen LogP contribution in [0.3, 0.4) is 0 Å². The molecule has 0 aliphatic carbocycles. The molecule has 2 aromatic rings. The highest BCUT2D eigenvalue weighted by molar-refractivity contribution is 5.87. The molecular formula is C13H22N6. The number of aromatic nitrogens is 4. The van der Waals surface area contributed by atoms with Crippen LogP contribution < -0.4 is 11.1 Å². The summed E-state index contributed by atoms with van der Waals surface area (Å²) in [5.74, 6) is 0.516. The second kappa shape index (κ2) is 5.97. The van der Waals surface area contributed by atoms with Crippen LogP contribution in [0, 0.1) is 6.92 Å². The molecule has 0 bridgehead atoms. The summed E-state index contributed by atoms with van der Waals surface area (Å²) in [6, 6.07) is 0.370. The average Bonchev–Trinajstić information content (AvgIpc) is 2.81. The number of hydrogen-bond acceptors (Lipinski definition) is 5. The van der Waals surface area contributed by atoms with E-state index in [9.17, 15) is 0 Å². The quantitative estimate of drug-likeness (QED) is 0.817. The van der Waals surface area contributed by atoms with Gasteiger partial charge in [-0.2, -0.15) is 5.10 Å². The number of rotatable bonds is 1. The van der Waals surface area contributed by atoms with E-state index in [0.717, 1.165) is 36.2 Å². The van der Waals surface area contributed by atoms with Gasteiger partial charge in [-0.15, -0.1) is 0 Å². The summed E-state index contributed by atoms with van der Waals surface area (Å²) in [7, 11) is 0. The predicted octanol–water partition coefficient (Wildman–Crippen LogP) is 1.67. The first-order valence-corrected chi connectivity index (χ1v) is 6.93. The van der Waals surface area contributed by atoms with Crippen molar-refractivity contribution in [1.82, 2.24) is 25.1 Å². The van der Waals surface area contributed by atoms with Crippen molar-refractivity contribution < 1.29 is 0 Å². The molecule has 104 valence electrons. The highest BCUT2D eigenvalue weighted by atomic mass is 15.3. The van der Waals surface area contributed by atoms with E-state index in [2.05, 4.69) is 20.4 Å². The lowest BCUT2D eigenvalue weighted by atomic mass is 10.1. The number of nitrogens with zero attached hydrogens (tertiary/aromatic N) is 4. The first kappa shape index (κ1) is 13.7. The third kappa shape index (κ3) is 2.53. The van der Waals surface area contributed by atoms with Crippen LogP contribution in [0.4, 0.5) is 5.82 Å². The van der Waals surface area contributed by atoms with E-state index in [0.29, 0.717) is 11.9 Å². The summed E-state index contributed by atoms with van der Waals surface area (Å²) in [5, 5.41) is 8.84. The molecule has 1 unspecified atom stereocenters. The second-order valence-electron chi connectivity index (χ2n) is 4.49. The lowest BCUT2D eigenvalue weighted by molar-refractivity contribution is 0.352. The minimum absolute atomic E-state index is 0.370. The zero-order valence-corrected chi connectivity index (χ0v) is 11.8. The zero-order valence-electron chi connectivity index (χ0n) is 11.8. The average molecular weight is 262 g/mol. The van der Waals surface area contributed by atoms with E-state index in [1.807, 2.05) is 25.5 Å². The first-order valence-electron chi connectivity index (χ1n) is 6.93. The van der Waals surface area contributed by atoms with Gasteiger partial charge in [-0.05, 0) is 26.3 Å². The molecule has 1 aliphatic heterocycles. The van der Waals surface area contributed by atoms with E-state index in [1.54, 1.807) is 0 Å². The maximum atomic E-state index is 5.88. The van der Waals surface area contributed by atoms with E-state index >= 15 is 0 Å². The topological polar surface area (TPSA) is 81.7 Å². The van der Waals surface area contributed by atoms with Gasteiger partial charge in [-0.3, -0.25) is 0 Å². The number of anilines is 1. The minimum Gasteiger partial charge on any atom is -0.383 e. The molecule has 1 aliphatic rings. The number of piperidine rings is 1. The van der Waals surface area contributed by atoms with Crippen LogP contribution in [-0.4, -0.2) is 32.8 Å². The van der Waals surface area contributed by atoms with Crippen molar-refractivity contribution in [2.24, 2.45) is 0 Å². The molecule has 2 aromatic heterocycles. The highest BCUT2D eigenvalue weighted by Gasteiger charge is 2.20. The van der Waals surface area contributed by atoms with Crippen LogP contribution >= 0.6 is 0 Å². The number of nitrogens with one attached hydrogen (secondary N) is 1. The highest BCUT2D eigenvalue weighted by Crippen LogP contribution is 2.25. The van der Waals surface area contributed by atoms with Crippen LogP contribution in [0.5, 0.6) is 0 Å². The van der Waals surface area contributed by atoms with E-state index < -0.39 is 0 Å².